The molecule has 0 aliphatic carbocycles. The van der Waals surface area contributed by atoms with Crippen LogP contribution < -0.4 is 10.1 Å². The first-order chi connectivity index (χ1) is 11.2. The highest BCUT2D eigenvalue weighted by Gasteiger charge is 2.27. The summed E-state index contributed by atoms with van der Waals surface area (Å²) in [6.07, 6.45) is 4.74. The first kappa shape index (κ1) is 17.7. The van der Waals surface area contributed by atoms with Crippen molar-refractivity contribution >= 4 is 23.6 Å². The smallest absolute Gasteiger partial charge is 0.258 e. The number of benzene rings is 1. The number of hydrogen-bond donors (Lipinski definition) is 1. The van der Waals surface area contributed by atoms with E-state index in [1.54, 1.807) is 23.9 Å². The highest BCUT2D eigenvalue weighted by atomic mass is 32.2. The Balaban J connectivity index is 1.85. The second kappa shape index (κ2) is 9.45. The maximum atomic E-state index is 12.5. The highest BCUT2D eigenvalue weighted by molar-refractivity contribution is 7.98. The van der Waals surface area contributed by atoms with Crippen molar-refractivity contribution in [1.29, 1.82) is 0 Å². The van der Waals surface area contributed by atoms with Gasteiger partial charge in [0, 0.05) is 13.1 Å². The van der Waals surface area contributed by atoms with Crippen LogP contribution >= 0.6 is 11.8 Å². The molecule has 23 heavy (non-hydrogen) atoms. The summed E-state index contributed by atoms with van der Waals surface area (Å²) in [5.41, 5.74) is 0. The third kappa shape index (κ3) is 5.78. The van der Waals surface area contributed by atoms with Crippen LogP contribution in [-0.2, 0) is 9.59 Å². The van der Waals surface area contributed by atoms with Gasteiger partial charge in [0.05, 0.1) is 0 Å². The van der Waals surface area contributed by atoms with Gasteiger partial charge in [0.25, 0.3) is 5.91 Å². The van der Waals surface area contributed by atoms with Gasteiger partial charge in [-0.2, -0.15) is 11.8 Å². The van der Waals surface area contributed by atoms with Crippen molar-refractivity contribution < 1.29 is 14.3 Å². The van der Waals surface area contributed by atoms with Gasteiger partial charge in [0.1, 0.15) is 11.8 Å². The van der Waals surface area contributed by atoms with Crippen LogP contribution in [0.5, 0.6) is 5.75 Å². The van der Waals surface area contributed by atoms with E-state index in [9.17, 15) is 9.59 Å². The van der Waals surface area contributed by atoms with Crippen LogP contribution in [0.4, 0.5) is 0 Å². The second-order valence-electron chi connectivity index (χ2n) is 5.54. The monoisotopic (exact) mass is 336 g/mol. The van der Waals surface area contributed by atoms with Gasteiger partial charge in [-0.15, -0.1) is 0 Å². The SMILES string of the molecule is CSCC[C@@H](NC(=O)COc1ccccc1)C(=O)N1CCCC1. The minimum Gasteiger partial charge on any atom is -0.484 e. The number of para-hydroxylation sites is 1. The standard InChI is InChI=1S/C17H24N2O3S/c1-23-12-9-15(17(21)19-10-5-6-11-19)18-16(20)13-22-14-7-3-2-4-8-14/h2-4,7-8,15H,5-6,9-13H2,1H3,(H,18,20)/t15-/m1/s1. The number of carbonyl (C=O) groups is 2. The Kier molecular flexibility index (Phi) is 7.26. The molecule has 0 bridgehead atoms. The lowest BCUT2D eigenvalue weighted by molar-refractivity contribution is -0.136. The molecule has 1 aromatic rings. The van der Waals surface area contributed by atoms with Crippen molar-refractivity contribution in [3.63, 3.8) is 0 Å². The third-order valence-corrected chi connectivity index (χ3v) is 4.42. The van der Waals surface area contributed by atoms with Crippen LogP contribution in [0.15, 0.2) is 30.3 Å². The van der Waals surface area contributed by atoms with E-state index in [-0.39, 0.29) is 18.4 Å². The zero-order valence-corrected chi connectivity index (χ0v) is 14.3. The molecule has 0 spiro atoms. The number of likely N-dealkylation sites (tertiary alicyclic amines) is 1. The number of carbonyl (C=O) groups excluding carboxylic acids is 2. The molecular formula is C17H24N2O3S. The number of nitrogens with zero attached hydrogens (tertiary/aromatic N) is 1. The van der Waals surface area contributed by atoms with Crippen molar-refractivity contribution in [2.45, 2.75) is 25.3 Å². The van der Waals surface area contributed by atoms with E-state index in [0.29, 0.717) is 12.2 Å². The zero-order valence-electron chi connectivity index (χ0n) is 13.5. The molecule has 1 aromatic carbocycles. The molecule has 0 saturated carbocycles. The molecule has 1 fully saturated rings. The number of rotatable bonds is 8. The topological polar surface area (TPSA) is 58.6 Å². The molecule has 0 unspecified atom stereocenters. The Labute approximate surface area is 141 Å². The molecule has 1 atom stereocenters. The van der Waals surface area contributed by atoms with Crippen LogP contribution in [0.2, 0.25) is 0 Å². The van der Waals surface area contributed by atoms with Gasteiger partial charge in [-0.1, -0.05) is 18.2 Å². The van der Waals surface area contributed by atoms with E-state index in [0.717, 1.165) is 31.7 Å². The molecule has 126 valence electrons. The van der Waals surface area contributed by atoms with Crippen LogP contribution in [0.1, 0.15) is 19.3 Å². The minimum absolute atomic E-state index is 0.0320. The number of nitrogens with one attached hydrogen (secondary N) is 1. The lowest BCUT2D eigenvalue weighted by Crippen LogP contribution is -2.49. The fraction of sp³-hybridized carbons (Fsp3) is 0.529. The molecule has 1 saturated heterocycles. The van der Waals surface area contributed by atoms with E-state index in [1.165, 1.54) is 0 Å². The van der Waals surface area contributed by atoms with Gasteiger partial charge in [-0.3, -0.25) is 9.59 Å². The molecule has 1 N–H and O–H groups in total. The van der Waals surface area contributed by atoms with Crippen molar-refractivity contribution in [2.75, 3.05) is 31.7 Å². The number of amides is 2. The number of ether oxygens (including phenoxy) is 1. The molecule has 2 amide bonds. The fourth-order valence-electron chi connectivity index (χ4n) is 2.55. The van der Waals surface area contributed by atoms with E-state index in [4.69, 9.17) is 4.74 Å². The Morgan fingerprint density at radius 3 is 2.61 bits per heavy atom. The van der Waals surface area contributed by atoms with Gasteiger partial charge < -0.3 is 15.0 Å². The summed E-state index contributed by atoms with van der Waals surface area (Å²) in [5, 5.41) is 2.83. The Bertz CT molecular complexity index is 504. The summed E-state index contributed by atoms with van der Waals surface area (Å²) < 4.78 is 5.44. The summed E-state index contributed by atoms with van der Waals surface area (Å²) in [6.45, 7) is 1.52. The number of hydrogen-bond acceptors (Lipinski definition) is 4. The predicted molar refractivity (Wildman–Crippen MR) is 92.7 cm³/mol. The maximum absolute atomic E-state index is 12.5. The maximum Gasteiger partial charge on any atom is 0.258 e. The van der Waals surface area contributed by atoms with E-state index >= 15 is 0 Å². The van der Waals surface area contributed by atoms with Gasteiger partial charge in [0.15, 0.2) is 6.61 Å². The minimum atomic E-state index is -0.451. The lowest BCUT2D eigenvalue weighted by atomic mass is 10.2. The van der Waals surface area contributed by atoms with Crippen LogP contribution in [0.25, 0.3) is 0 Å². The molecule has 1 aliphatic rings. The Hall–Kier alpha value is -1.69. The van der Waals surface area contributed by atoms with Gasteiger partial charge >= 0.3 is 0 Å². The summed E-state index contributed by atoms with van der Waals surface area (Å²) in [6, 6.07) is 8.74. The molecule has 2 rings (SSSR count). The van der Waals surface area contributed by atoms with E-state index in [1.807, 2.05) is 29.4 Å². The normalized spacial score (nSPS) is 15.3. The van der Waals surface area contributed by atoms with Gasteiger partial charge in [-0.05, 0) is 43.4 Å². The van der Waals surface area contributed by atoms with Crippen molar-refractivity contribution in [3.8, 4) is 5.75 Å². The van der Waals surface area contributed by atoms with Crippen LogP contribution in [0, 0.1) is 0 Å². The lowest BCUT2D eigenvalue weighted by Gasteiger charge is -2.24. The summed E-state index contributed by atoms with van der Waals surface area (Å²) >= 11 is 1.67. The van der Waals surface area contributed by atoms with Gasteiger partial charge in [0.2, 0.25) is 5.91 Å². The largest absolute Gasteiger partial charge is 0.484 e. The van der Waals surface area contributed by atoms with Crippen molar-refractivity contribution in [2.24, 2.45) is 0 Å². The summed E-state index contributed by atoms with van der Waals surface area (Å²) in [7, 11) is 0. The zero-order chi connectivity index (χ0) is 16.5. The molecule has 1 heterocycles. The number of thioether (sulfide) groups is 1. The molecule has 5 nitrogen and oxygen atoms in total. The average molecular weight is 336 g/mol. The second-order valence-corrected chi connectivity index (χ2v) is 6.52. The Morgan fingerprint density at radius 2 is 1.96 bits per heavy atom. The third-order valence-electron chi connectivity index (χ3n) is 3.77. The molecular weight excluding hydrogens is 312 g/mol. The highest BCUT2D eigenvalue weighted by Crippen LogP contribution is 2.12. The van der Waals surface area contributed by atoms with Crippen molar-refractivity contribution in [3.05, 3.63) is 30.3 Å². The average Bonchev–Trinajstić information content (AvgIpc) is 3.11. The van der Waals surface area contributed by atoms with Crippen LogP contribution in [-0.4, -0.2) is 54.5 Å². The molecule has 6 heteroatoms. The molecule has 0 radical (unpaired) electrons. The van der Waals surface area contributed by atoms with E-state index < -0.39 is 6.04 Å². The first-order valence-electron chi connectivity index (χ1n) is 7.95. The predicted octanol–water partition coefficient (Wildman–Crippen LogP) is 1.93. The quantitative estimate of drug-likeness (QED) is 0.788. The Morgan fingerprint density at radius 1 is 1.26 bits per heavy atom. The fourth-order valence-corrected chi connectivity index (χ4v) is 3.02. The van der Waals surface area contributed by atoms with Crippen LogP contribution in [0.3, 0.4) is 0 Å². The summed E-state index contributed by atoms with van der Waals surface area (Å²) in [4.78, 5) is 26.5. The molecule has 1 aliphatic heterocycles. The van der Waals surface area contributed by atoms with E-state index in [2.05, 4.69) is 5.32 Å². The molecule has 0 aromatic heterocycles. The first-order valence-corrected chi connectivity index (χ1v) is 9.35. The van der Waals surface area contributed by atoms with Crippen molar-refractivity contribution in [1.82, 2.24) is 10.2 Å². The van der Waals surface area contributed by atoms with Gasteiger partial charge in [-0.25, -0.2) is 0 Å². The summed E-state index contributed by atoms with van der Waals surface area (Å²) in [5.74, 6) is 1.26.